The molecule has 2 aromatic carbocycles. The maximum absolute atomic E-state index is 13.2. The van der Waals surface area contributed by atoms with Crippen molar-refractivity contribution in [2.24, 2.45) is 0 Å². The lowest BCUT2D eigenvalue weighted by molar-refractivity contribution is -0.122. The number of hydrogen-bond donors (Lipinski definition) is 1. The molecule has 1 fully saturated rings. The molecule has 2 aliphatic heterocycles. The molecule has 0 radical (unpaired) electrons. The highest BCUT2D eigenvalue weighted by molar-refractivity contribution is 6.42. The van der Waals surface area contributed by atoms with Gasteiger partial charge in [-0.15, -0.1) is 0 Å². The Morgan fingerprint density at radius 1 is 1.06 bits per heavy atom. The number of nitrogens with zero attached hydrogens (tertiary/aromatic N) is 2. The number of carbonyl (C=O) groups is 3. The van der Waals surface area contributed by atoms with Gasteiger partial charge >= 0.3 is 6.03 Å². The van der Waals surface area contributed by atoms with Gasteiger partial charge in [0, 0.05) is 23.3 Å². The molecule has 0 saturated carbocycles. The van der Waals surface area contributed by atoms with Gasteiger partial charge in [0.15, 0.2) is 0 Å². The van der Waals surface area contributed by atoms with Crippen molar-refractivity contribution in [3.63, 3.8) is 0 Å². The van der Waals surface area contributed by atoms with Crippen LogP contribution in [0.3, 0.4) is 0 Å². The Morgan fingerprint density at radius 2 is 1.75 bits per heavy atom. The number of nitrogens with one attached hydrogen (secondary N) is 1. The van der Waals surface area contributed by atoms with Gasteiger partial charge < -0.3 is 4.90 Å². The molecule has 32 heavy (non-hydrogen) atoms. The molecule has 1 saturated heterocycles. The van der Waals surface area contributed by atoms with Gasteiger partial charge in [-0.2, -0.15) is 0 Å². The van der Waals surface area contributed by atoms with Crippen molar-refractivity contribution in [1.82, 2.24) is 5.32 Å². The molecule has 2 aromatic rings. The van der Waals surface area contributed by atoms with Crippen molar-refractivity contribution in [2.75, 3.05) is 16.8 Å². The van der Waals surface area contributed by atoms with Crippen molar-refractivity contribution in [3.8, 4) is 0 Å². The average Bonchev–Trinajstić information content (AvgIpc) is 2.70. The first kappa shape index (κ1) is 22.4. The number of fused-ring (bicyclic) bond motifs is 1. The number of urea groups is 1. The molecule has 166 valence electrons. The van der Waals surface area contributed by atoms with E-state index in [0.717, 1.165) is 22.6 Å². The van der Waals surface area contributed by atoms with Gasteiger partial charge in [0.1, 0.15) is 5.57 Å². The molecule has 4 rings (SSSR count). The zero-order valence-electron chi connectivity index (χ0n) is 18.2. The minimum Gasteiger partial charge on any atom is -0.369 e. The highest BCUT2D eigenvalue weighted by atomic mass is 35.5. The summed E-state index contributed by atoms with van der Waals surface area (Å²) in [6.45, 7) is 6.59. The van der Waals surface area contributed by atoms with Gasteiger partial charge in [0.25, 0.3) is 11.8 Å². The normalized spacial score (nSPS) is 21.6. The predicted octanol–water partition coefficient (Wildman–Crippen LogP) is 5.38. The third-order valence-electron chi connectivity index (χ3n) is 6.22. The van der Waals surface area contributed by atoms with E-state index in [1.807, 2.05) is 18.2 Å². The first-order chi connectivity index (χ1) is 15.0. The topological polar surface area (TPSA) is 69.7 Å². The number of barbiturate groups is 1. The minimum absolute atomic E-state index is 0.0321. The van der Waals surface area contributed by atoms with E-state index in [2.05, 4.69) is 38.0 Å². The van der Waals surface area contributed by atoms with Gasteiger partial charge in [0.05, 0.1) is 10.7 Å². The number of hydrogen-bond acceptors (Lipinski definition) is 4. The Kier molecular flexibility index (Phi) is 5.55. The van der Waals surface area contributed by atoms with E-state index < -0.39 is 17.8 Å². The van der Waals surface area contributed by atoms with Crippen molar-refractivity contribution < 1.29 is 14.4 Å². The summed E-state index contributed by atoms with van der Waals surface area (Å²) < 4.78 is 0. The highest BCUT2D eigenvalue weighted by Crippen LogP contribution is 2.43. The number of benzene rings is 2. The average molecular weight is 472 g/mol. The molecule has 8 heteroatoms. The molecule has 0 unspecified atom stereocenters. The van der Waals surface area contributed by atoms with Crippen LogP contribution in [0, 0.1) is 0 Å². The van der Waals surface area contributed by atoms with E-state index in [0.29, 0.717) is 16.5 Å². The first-order valence-electron chi connectivity index (χ1n) is 10.2. The van der Waals surface area contributed by atoms with E-state index in [-0.39, 0.29) is 21.8 Å². The van der Waals surface area contributed by atoms with Crippen LogP contribution in [-0.2, 0) is 9.59 Å². The predicted molar refractivity (Wildman–Crippen MR) is 127 cm³/mol. The van der Waals surface area contributed by atoms with Crippen LogP contribution in [0.15, 0.2) is 42.0 Å². The number of carbonyl (C=O) groups excluding carboxylic acids is 3. The van der Waals surface area contributed by atoms with E-state index in [9.17, 15) is 14.4 Å². The molecule has 2 aliphatic rings. The summed E-state index contributed by atoms with van der Waals surface area (Å²) in [5.41, 5.74) is 3.02. The Labute approximate surface area is 196 Å². The fourth-order valence-corrected chi connectivity index (χ4v) is 4.88. The summed E-state index contributed by atoms with van der Waals surface area (Å²) in [4.78, 5) is 41.2. The third-order valence-corrected chi connectivity index (χ3v) is 6.76. The van der Waals surface area contributed by atoms with Crippen LogP contribution >= 0.6 is 23.2 Å². The smallest absolute Gasteiger partial charge is 0.335 e. The van der Waals surface area contributed by atoms with Crippen LogP contribution in [0.1, 0.15) is 44.2 Å². The van der Waals surface area contributed by atoms with Crippen molar-refractivity contribution in [3.05, 3.63) is 63.1 Å². The Morgan fingerprint density at radius 3 is 2.44 bits per heavy atom. The lowest BCUT2D eigenvalue weighted by atomic mass is 9.80. The van der Waals surface area contributed by atoms with Crippen molar-refractivity contribution >= 4 is 58.5 Å². The largest absolute Gasteiger partial charge is 0.369 e. The second-order valence-corrected chi connectivity index (χ2v) is 9.69. The zero-order chi connectivity index (χ0) is 23.4. The van der Waals surface area contributed by atoms with Crippen LogP contribution in [0.5, 0.6) is 0 Å². The fraction of sp³-hybridized carbons (Fsp3) is 0.292. The Balaban J connectivity index is 1.74. The lowest BCUT2D eigenvalue weighted by Crippen LogP contribution is -2.54. The van der Waals surface area contributed by atoms with Gasteiger partial charge in [-0.3, -0.25) is 14.9 Å². The molecule has 1 N–H and O–H groups in total. The Hall–Kier alpha value is -2.83. The molecule has 0 bridgehead atoms. The summed E-state index contributed by atoms with van der Waals surface area (Å²) in [5.74, 6) is -1.17. The molecule has 2 heterocycles. The van der Waals surface area contributed by atoms with Crippen LogP contribution in [0.4, 0.5) is 16.2 Å². The fourth-order valence-electron chi connectivity index (χ4n) is 4.39. The molecule has 4 amide bonds. The summed E-state index contributed by atoms with van der Waals surface area (Å²) in [7, 11) is 2.07. The van der Waals surface area contributed by atoms with E-state index >= 15 is 0 Å². The molecular formula is C24H23Cl2N3O3. The highest BCUT2D eigenvalue weighted by Gasteiger charge is 2.38. The number of anilines is 2. The summed E-state index contributed by atoms with van der Waals surface area (Å²) in [6.07, 6.45) is 2.49. The number of rotatable bonds is 2. The monoisotopic (exact) mass is 471 g/mol. The molecule has 1 atom stereocenters. The van der Waals surface area contributed by atoms with Crippen LogP contribution in [0.25, 0.3) is 6.08 Å². The summed E-state index contributed by atoms with van der Waals surface area (Å²) >= 11 is 12.1. The second-order valence-electron chi connectivity index (χ2n) is 8.85. The number of amides is 4. The molecule has 0 aliphatic carbocycles. The quantitative estimate of drug-likeness (QED) is 0.471. The van der Waals surface area contributed by atoms with Gasteiger partial charge in [-0.05, 0) is 73.7 Å². The van der Waals surface area contributed by atoms with E-state index in [1.165, 1.54) is 24.3 Å². The molecule has 6 nitrogen and oxygen atoms in total. The summed E-state index contributed by atoms with van der Waals surface area (Å²) in [5, 5.41) is 2.71. The van der Waals surface area contributed by atoms with Crippen molar-refractivity contribution in [2.45, 2.75) is 38.6 Å². The molecular weight excluding hydrogens is 449 g/mol. The zero-order valence-corrected chi connectivity index (χ0v) is 19.7. The molecule has 0 spiro atoms. The first-order valence-corrected chi connectivity index (χ1v) is 11.0. The second kappa shape index (κ2) is 7.94. The minimum atomic E-state index is -0.857. The molecule has 0 aromatic heterocycles. The third kappa shape index (κ3) is 3.78. The van der Waals surface area contributed by atoms with Crippen LogP contribution in [-0.4, -0.2) is 30.4 Å². The van der Waals surface area contributed by atoms with Crippen LogP contribution < -0.4 is 15.1 Å². The van der Waals surface area contributed by atoms with Crippen LogP contribution in [0.2, 0.25) is 10.0 Å². The van der Waals surface area contributed by atoms with E-state index in [4.69, 9.17) is 23.2 Å². The lowest BCUT2D eigenvalue weighted by Gasteiger charge is -2.45. The maximum atomic E-state index is 13.2. The van der Waals surface area contributed by atoms with Gasteiger partial charge in [-0.1, -0.05) is 36.2 Å². The number of halogens is 2. The summed E-state index contributed by atoms with van der Waals surface area (Å²) in [6, 6.07) is 9.43. The van der Waals surface area contributed by atoms with Gasteiger partial charge in [-0.25, -0.2) is 9.69 Å². The standard InChI is InChI=1S/C24H23Cl2N3O3/c1-13-12-24(2,3)28(4)19-7-5-14(9-16(13)19)10-17-21(30)27-23(32)29(22(17)31)20-8-6-15(25)11-18(20)26/h5-11,13H,12H2,1-4H3,(H,27,30,32)/b17-10+/t13-/m1/s1. The van der Waals surface area contributed by atoms with Crippen molar-refractivity contribution in [1.29, 1.82) is 0 Å². The van der Waals surface area contributed by atoms with Gasteiger partial charge in [0.2, 0.25) is 0 Å². The number of imide groups is 2. The SMILES string of the molecule is C[C@@H]1CC(C)(C)N(C)c2ccc(/C=C3\C(=O)NC(=O)N(c4ccc(Cl)cc4Cl)C3=O)cc21. The van der Waals surface area contributed by atoms with E-state index in [1.54, 1.807) is 0 Å². The maximum Gasteiger partial charge on any atom is 0.335 e. The Bertz CT molecular complexity index is 1190.